The first-order valence-corrected chi connectivity index (χ1v) is 20.6. The zero-order valence-electron chi connectivity index (χ0n) is 31.8. The van der Waals surface area contributed by atoms with Gasteiger partial charge in [0, 0.05) is 12.8 Å². The minimum atomic E-state index is -1.18. The van der Waals surface area contributed by atoms with Crippen LogP contribution in [0.5, 0.6) is 0 Å². The average molecular weight is 693 g/mol. The molecule has 0 bridgehead atoms. The summed E-state index contributed by atoms with van der Waals surface area (Å²) in [5, 5.41) is 21.0. The lowest BCUT2D eigenvalue weighted by molar-refractivity contribution is -0.154. The molecule has 0 radical (unpaired) electrons. The zero-order chi connectivity index (χ0) is 35.6. The maximum Gasteiger partial charge on any atom is 0.306 e. The third-order valence-corrected chi connectivity index (χ3v) is 9.53. The van der Waals surface area contributed by atoms with Gasteiger partial charge < -0.3 is 24.4 Å². The quantitative estimate of drug-likeness (QED) is 0.0393. The summed E-state index contributed by atoms with van der Waals surface area (Å²) in [4.78, 5) is 24.5. The fourth-order valence-electron chi connectivity index (χ4n) is 6.31. The standard InChI is InChI=1S/C42H76O7/c1-3-5-7-9-11-13-15-17-19-21-23-25-27-29-31-33-39(44)47-35-37(43)42-41(46)38(36-48-42)49-40(45)34-32-30-28-26-24-22-20-18-16-14-12-10-8-6-4-2/h17-20,37-38,41-43,46H,3-16,21-36H2,1-2H3/b19-17-,20-18-/t37-,38+,41-,42-/m1/s1. The van der Waals surface area contributed by atoms with E-state index in [0.29, 0.717) is 12.8 Å². The number of hydrogen-bond acceptors (Lipinski definition) is 7. The molecule has 2 N–H and O–H groups in total. The minimum absolute atomic E-state index is 0.0177. The molecule has 0 aromatic heterocycles. The number of ether oxygens (including phenoxy) is 3. The first kappa shape index (κ1) is 45.3. The fourth-order valence-corrected chi connectivity index (χ4v) is 6.31. The van der Waals surface area contributed by atoms with Crippen molar-refractivity contribution in [3.05, 3.63) is 24.3 Å². The second-order valence-corrected chi connectivity index (χ2v) is 14.2. The summed E-state index contributed by atoms with van der Waals surface area (Å²) in [7, 11) is 0. The van der Waals surface area contributed by atoms with E-state index in [1.807, 2.05) is 0 Å². The van der Waals surface area contributed by atoms with E-state index in [4.69, 9.17) is 14.2 Å². The molecule has 0 aliphatic carbocycles. The van der Waals surface area contributed by atoms with Gasteiger partial charge in [0.15, 0.2) is 6.10 Å². The third-order valence-electron chi connectivity index (χ3n) is 9.53. The van der Waals surface area contributed by atoms with Crippen LogP contribution >= 0.6 is 0 Å². The van der Waals surface area contributed by atoms with Gasteiger partial charge in [0.05, 0.1) is 6.61 Å². The van der Waals surface area contributed by atoms with Crippen molar-refractivity contribution < 1.29 is 34.0 Å². The average Bonchev–Trinajstić information content (AvgIpc) is 3.46. The van der Waals surface area contributed by atoms with Crippen LogP contribution in [0.1, 0.15) is 194 Å². The number of carbonyl (C=O) groups is 2. The summed E-state index contributed by atoms with van der Waals surface area (Å²) >= 11 is 0. The number of aliphatic hydroxyl groups excluding tert-OH is 2. The highest BCUT2D eigenvalue weighted by Gasteiger charge is 2.42. The van der Waals surface area contributed by atoms with Gasteiger partial charge in [0.2, 0.25) is 0 Å². The van der Waals surface area contributed by atoms with Crippen LogP contribution in [-0.2, 0) is 23.8 Å². The summed E-state index contributed by atoms with van der Waals surface area (Å²) in [6, 6.07) is 0. The molecule has 7 heteroatoms. The van der Waals surface area contributed by atoms with Crippen LogP contribution < -0.4 is 0 Å². The topological polar surface area (TPSA) is 102 Å². The number of carbonyl (C=O) groups excluding carboxylic acids is 2. The van der Waals surface area contributed by atoms with Gasteiger partial charge in [-0.05, 0) is 64.2 Å². The van der Waals surface area contributed by atoms with Gasteiger partial charge in [-0.3, -0.25) is 9.59 Å². The molecule has 0 saturated carbocycles. The minimum Gasteiger partial charge on any atom is -0.463 e. The summed E-state index contributed by atoms with van der Waals surface area (Å²) < 4.78 is 16.2. The van der Waals surface area contributed by atoms with E-state index in [2.05, 4.69) is 38.2 Å². The number of unbranched alkanes of at least 4 members (excludes halogenated alkanes) is 22. The fraction of sp³-hybridized carbons (Fsp3) is 0.857. The molecule has 1 saturated heterocycles. The van der Waals surface area contributed by atoms with Gasteiger partial charge >= 0.3 is 11.9 Å². The van der Waals surface area contributed by atoms with Crippen molar-refractivity contribution in [2.45, 2.75) is 218 Å². The maximum atomic E-state index is 12.3. The van der Waals surface area contributed by atoms with Crippen LogP contribution in [0.15, 0.2) is 24.3 Å². The van der Waals surface area contributed by atoms with Crippen molar-refractivity contribution in [2.75, 3.05) is 13.2 Å². The molecule has 1 heterocycles. The Balaban J connectivity index is 1.99. The van der Waals surface area contributed by atoms with E-state index in [0.717, 1.165) is 64.2 Å². The third kappa shape index (κ3) is 26.7. The highest BCUT2D eigenvalue weighted by molar-refractivity contribution is 5.69. The van der Waals surface area contributed by atoms with Crippen molar-refractivity contribution >= 4 is 11.9 Å². The first-order valence-electron chi connectivity index (χ1n) is 20.6. The molecular formula is C42H76O7. The number of rotatable bonds is 34. The molecule has 0 amide bonds. The number of esters is 2. The van der Waals surface area contributed by atoms with Crippen molar-refractivity contribution in [3.8, 4) is 0 Å². The predicted molar refractivity (Wildman–Crippen MR) is 201 cm³/mol. The van der Waals surface area contributed by atoms with Crippen LogP contribution in [0, 0.1) is 0 Å². The zero-order valence-corrected chi connectivity index (χ0v) is 31.8. The van der Waals surface area contributed by atoms with Crippen LogP contribution in [0.25, 0.3) is 0 Å². The van der Waals surface area contributed by atoms with Crippen LogP contribution in [-0.4, -0.2) is 59.8 Å². The molecule has 4 atom stereocenters. The van der Waals surface area contributed by atoms with Crippen molar-refractivity contribution in [3.63, 3.8) is 0 Å². The Kier molecular flexibility index (Phi) is 30.9. The van der Waals surface area contributed by atoms with E-state index in [9.17, 15) is 19.8 Å². The Hall–Kier alpha value is -1.70. The first-order chi connectivity index (χ1) is 24.0. The highest BCUT2D eigenvalue weighted by Crippen LogP contribution is 2.22. The number of allylic oxidation sites excluding steroid dienone is 4. The molecule has 0 spiro atoms. The van der Waals surface area contributed by atoms with Gasteiger partial charge in [-0.1, -0.05) is 141 Å². The lowest BCUT2D eigenvalue weighted by Gasteiger charge is -2.22. The smallest absolute Gasteiger partial charge is 0.306 e. The molecule has 286 valence electrons. The van der Waals surface area contributed by atoms with Crippen molar-refractivity contribution in [1.29, 1.82) is 0 Å². The van der Waals surface area contributed by atoms with E-state index < -0.39 is 24.4 Å². The largest absolute Gasteiger partial charge is 0.463 e. The molecule has 49 heavy (non-hydrogen) atoms. The Labute approximate surface area is 301 Å². The van der Waals surface area contributed by atoms with Gasteiger partial charge in [-0.2, -0.15) is 0 Å². The second kappa shape index (κ2) is 33.4. The Morgan fingerprint density at radius 2 is 1.00 bits per heavy atom. The lowest BCUT2D eigenvalue weighted by atomic mass is 10.1. The molecular weight excluding hydrogens is 616 g/mol. The summed E-state index contributed by atoms with van der Waals surface area (Å²) in [6.45, 7) is 4.27. The number of aliphatic hydroxyl groups is 2. The Morgan fingerprint density at radius 3 is 1.45 bits per heavy atom. The predicted octanol–water partition coefficient (Wildman–Crippen LogP) is 10.6. The van der Waals surface area contributed by atoms with Crippen molar-refractivity contribution in [1.82, 2.24) is 0 Å². The normalized spacial score (nSPS) is 18.5. The molecule has 1 fully saturated rings. The molecule has 1 aliphatic rings. The summed E-state index contributed by atoms with van der Waals surface area (Å²) in [6.07, 6.45) is 36.9. The van der Waals surface area contributed by atoms with E-state index in [1.54, 1.807) is 0 Å². The monoisotopic (exact) mass is 693 g/mol. The van der Waals surface area contributed by atoms with E-state index in [-0.39, 0.29) is 25.2 Å². The van der Waals surface area contributed by atoms with E-state index in [1.165, 1.54) is 103 Å². The second-order valence-electron chi connectivity index (χ2n) is 14.2. The maximum absolute atomic E-state index is 12.3. The molecule has 0 unspecified atom stereocenters. The Morgan fingerprint density at radius 1 is 0.612 bits per heavy atom. The van der Waals surface area contributed by atoms with Crippen LogP contribution in [0.2, 0.25) is 0 Å². The van der Waals surface area contributed by atoms with Crippen molar-refractivity contribution in [2.24, 2.45) is 0 Å². The van der Waals surface area contributed by atoms with Crippen LogP contribution in [0.3, 0.4) is 0 Å². The summed E-state index contributed by atoms with van der Waals surface area (Å²) in [5.41, 5.74) is 0. The van der Waals surface area contributed by atoms with Gasteiger partial charge in [-0.25, -0.2) is 0 Å². The highest BCUT2D eigenvalue weighted by atomic mass is 16.6. The van der Waals surface area contributed by atoms with E-state index >= 15 is 0 Å². The Bertz CT molecular complexity index is 826. The van der Waals surface area contributed by atoms with Crippen LogP contribution in [0.4, 0.5) is 0 Å². The molecule has 0 aromatic rings. The molecule has 1 rings (SSSR count). The van der Waals surface area contributed by atoms with Gasteiger partial charge in [-0.15, -0.1) is 0 Å². The molecule has 7 nitrogen and oxygen atoms in total. The molecule has 0 aromatic carbocycles. The summed E-state index contributed by atoms with van der Waals surface area (Å²) in [5.74, 6) is -0.709. The molecule has 1 aliphatic heterocycles. The SMILES string of the molecule is CCCCCCCC/C=C\CCCCCCCC(=O)OC[C@@H](O)[C@H]1OC[C@H](OC(=O)CCCCCCC/C=C\CCCCCCCC)[C@H]1O. The van der Waals surface area contributed by atoms with Gasteiger partial charge in [0.25, 0.3) is 0 Å². The number of hydrogen-bond donors (Lipinski definition) is 2. The van der Waals surface area contributed by atoms with Gasteiger partial charge in [0.1, 0.15) is 24.9 Å². The lowest BCUT2D eigenvalue weighted by Crippen LogP contribution is -2.42.